The number of amides is 1. The second kappa shape index (κ2) is 6.02. The Hall–Kier alpha value is -0.680. The highest BCUT2D eigenvalue weighted by atomic mass is 32.1. The van der Waals surface area contributed by atoms with Gasteiger partial charge in [-0.2, -0.15) is 0 Å². The molecule has 1 saturated heterocycles. The summed E-state index contributed by atoms with van der Waals surface area (Å²) in [5.41, 5.74) is 5.43. The lowest BCUT2D eigenvalue weighted by molar-refractivity contribution is -0.119. The number of carbonyl (C=O) groups excluding carboxylic acids is 1. The molecule has 3 N–H and O–H groups in total. The summed E-state index contributed by atoms with van der Waals surface area (Å²) in [5.74, 6) is 0.0602. The van der Waals surface area contributed by atoms with Crippen LogP contribution >= 0.6 is 12.2 Å². The SMILES string of the molecule is CC(=O)NC1CCN(CCCC(N)=S)C1. The molecule has 0 aromatic rings. The van der Waals surface area contributed by atoms with Gasteiger partial charge in [-0.25, -0.2) is 0 Å². The molecule has 1 unspecified atom stereocenters. The van der Waals surface area contributed by atoms with Crippen LogP contribution in [0, 0.1) is 0 Å². The lowest BCUT2D eigenvalue weighted by atomic mass is 10.2. The lowest BCUT2D eigenvalue weighted by Gasteiger charge is -2.15. The van der Waals surface area contributed by atoms with Crippen molar-refractivity contribution in [2.24, 2.45) is 5.73 Å². The lowest BCUT2D eigenvalue weighted by Crippen LogP contribution is -2.35. The van der Waals surface area contributed by atoms with E-state index in [4.69, 9.17) is 18.0 Å². The fourth-order valence-electron chi connectivity index (χ4n) is 1.92. The van der Waals surface area contributed by atoms with Gasteiger partial charge in [-0.1, -0.05) is 12.2 Å². The average molecular weight is 229 g/mol. The van der Waals surface area contributed by atoms with E-state index in [0.717, 1.165) is 38.9 Å². The van der Waals surface area contributed by atoms with Gasteiger partial charge in [0.2, 0.25) is 5.91 Å². The van der Waals surface area contributed by atoms with Crippen LogP contribution in [0.15, 0.2) is 0 Å². The molecule has 1 aliphatic rings. The molecule has 1 heterocycles. The number of nitrogens with two attached hydrogens (primary N) is 1. The second-order valence-electron chi connectivity index (χ2n) is 4.06. The summed E-state index contributed by atoms with van der Waals surface area (Å²) in [6.07, 6.45) is 2.88. The number of likely N-dealkylation sites (tertiary alicyclic amines) is 1. The van der Waals surface area contributed by atoms with E-state index in [1.165, 1.54) is 0 Å². The zero-order valence-electron chi connectivity index (χ0n) is 9.16. The van der Waals surface area contributed by atoms with Gasteiger partial charge >= 0.3 is 0 Å². The fourth-order valence-corrected chi connectivity index (χ4v) is 2.06. The molecule has 0 aromatic carbocycles. The number of hydrogen-bond acceptors (Lipinski definition) is 3. The summed E-state index contributed by atoms with van der Waals surface area (Å²) >= 11 is 4.82. The van der Waals surface area contributed by atoms with Crippen LogP contribution in [0.4, 0.5) is 0 Å². The molecular weight excluding hydrogens is 210 g/mol. The molecule has 15 heavy (non-hydrogen) atoms. The molecule has 1 fully saturated rings. The molecule has 0 bridgehead atoms. The van der Waals surface area contributed by atoms with Gasteiger partial charge in [-0.15, -0.1) is 0 Å². The Labute approximate surface area is 96.2 Å². The van der Waals surface area contributed by atoms with E-state index in [1.54, 1.807) is 6.92 Å². The summed E-state index contributed by atoms with van der Waals surface area (Å²) in [6, 6.07) is 0.326. The van der Waals surface area contributed by atoms with Crippen molar-refractivity contribution in [2.45, 2.75) is 32.2 Å². The summed E-state index contributed by atoms with van der Waals surface area (Å²) in [4.78, 5) is 13.8. The number of carbonyl (C=O) groups is 1. The Bertz CT molecular complexity index is 245. The fraction of sp³-hybridized carbons (Fsp3) is 0.800. The van der Waals surface area contributed by atoms with Crippen LogP contribution in [0.25, 0.3) is 0 Å². The van der Waals surface area contributed by atoms with E-state index in [-0.39, 0.29) is 5.91 Å². The van der Waals surface area contributed by atoms with Crippen molar-refractivity contribution >= 4 is 23.1 Å². The van der Waals surface area contributed by atoms with Gasteiger partial charge in [-0.3, -0.25) is 4.79 Å². The highest BCUT2D eigenvalue weighted by Gasteiger charge is 2.22. The van der Waals surface area contributed by atoms with E-state index < -0.39 is 0 Å². The largest absolute Gasteiger partial charge is 0.393 e. The Morgan fingerprint density at radius 1 is 1.67 bits per heavy atom. The highest BCUT2D eigenvalue weighted by Crippen LogP contribution is 2.09. The van der Waals surface area contributed by atoms with Gasteiger partial charge in [0.25, 0.3) is 0 Å². The minimum absolute atomic E-state index is 0.0602. The first-order valence-corrected chi connectivity index (χ1v) is 5.76. The molecule has 1 aliphatic heterocycles. The quantitative estimate of drug-likeness (QED) is 0.664. The van der Waals surface area contributed by atoms with Gasteiger partial charge in [0.15, 0.2) is 0 Å². The van der Waals surface area contributed by atoms with Crippen molar-refractivity contribution in [3.8, 4) is 0 Å². The second-order valence-corrected chi connectivity index (χ2v) is 4.58. The molecule has 0 aliphatic carbocycles. The molecule has 0 spiro atoms. The molecule has 86 valence electrons. The smallest absolute Gasteiger partial charge is 0.217 e. The molecule has 5 heteroatoms. The van der Waals surface area contributed by atoms with Crippen molar-refractivity contribution < 1.29 is 4.79 Å². The van der Waals surface area contributed by atoms with Gasteiger partial charge in [-0.05, 0) is 25.8 Å². The normalized spacial score (nSPS) is 21.5. The zero-order chi connectivity index (χ0) is 11.3. The van der Waals surface area contributed by atoms with Gasteiger partial charge < -0.3 is 16.0 Å². The van der Waals surface area contributed by atoms with Crippen molar-refractivity contribution in [3.05, 3.63) is 0 Å². The van der Waals surface area contributed by atoms with Crippen LogP contribution in [0.2, 0.25) is 0 Å². The minimum atomic E-state index is 0.0602. The number of hydrogen-bond donors (Lipinski definition) is 2. The van der Waals surface area contributed by atoms with E-state index in [0.29, 0.717) is 11.0 Å². The monoisotopic (exact) mass is 229 g/mol. The maximum absolute atomic E-state index is 10.8. The Morgan fingerprint density at radius 2 is 2.40 bits per heavy atom. The molecular formula is C10H19N3OS. The van der Waals surface area contributed by atoms with Crippen LogP contribution in [-0.4, -0.2) is 41.5 Å². The molecule has 4 nitrogen and oxygen atoms in total. The van der Waals surface area contributed by atoms with Crippen molar-refractivity contribution in [1.29, 1.82) is 0 Å². The summed E-state index contributed by atoms with van der Waals surface area (Å²) in [7, 11) is 0. The van der Waals surface area contributed by atoms with Crippen molar-refractivity contribution in [1.82, 2.24) is 10.2 Å². The molecule has 1 atom stereocenters. The predicted molar refractivity (Wildman–Crippen MR) is 64.7 cm³/mol. The average Bonchev–Trinajstić information content (AvgIpc) is 2.50. The molecule has 0 radical (unpaired) electrons. The third kappa shape index (κ3) is 5.09. The van der Waals surface area contributed by atoms with Crippen molar-refractivity contribution in [2.75, 3.05) is 19.6 Å². The Kier molecular flexibility index (Phi) is 4.98. The Morgan fingerprint density at radius 3 is 3.00 bits per heavy atom. The van der Waals surface area contributed by atoms with E-state index >= 15 is 0 Å². The number of rotatable bonds is 5. The topological polar surface area (TPSA) is 58.4 Å². The van der Waals surface area contributed by atoms with Gasteiger partial charge in [0.1, 0.15) is 0 Å². The predicted octanol–water partition coefficient (Wildman–Crippen LogP) is 0.263. The minimum Gasteiger partial charge on any atom is -0.393 e. The zero-order valence-corrected chi connectivity index (χ0v) is 9.98. The van der Waals surface area contributed by atoms with Crippen LogP contribution in [0.5, 0.6) is 0 Å². The maximum atomic E-state index is 10.8. The van der Waals surface area contributed by atoms with Crippen LogP contribution in [0.1, 0.15) is 26.2 Å². The van der Waals surface area contributed by atoms with E-state index in [2.05, 4.69) is 10.2 Å². The molecule has 0 aromatic heterocycles. The molecule has 0 saturated carbocycles. The number of thiocarbonyl (C=S) groups is 1. The van der Waals surface area contributed by atoms with Crippen LogP contribution in [-0.2, 0) is 4.79 Å². The van der Waals surface area contributed by atoms with Gasteiger partial charge in [0.05, 0.1) is 4.99 Å². The van der Waals surface area contributed by atoms with E-state index in [1.807, 2.05) is 0 Å². The summed E-state index contributed by atoms with van der Waals surface area (Å²) < 4.78 is 0. The standard InChI is InChI=1S/C10H19N3OS/c1-8(14)12-9-4-6-13(7-9)5-2-3-10(11)15/h9H,2-7H2,1H3,(H2,11,15)(H,12,14). The third-order valence-electron chi connectivity index (χ3n) is 2.58. The van der Waals surface area contributed by atoms with Gasteiger partial charge in [0, 0.05) is 26.1 Å². The third-order valence-corrected chi connectivity index (χ3v) is 2.78. The van der Waals surface area contributed by atoms with E-state index in [9.17, 15) is 4.79 Å². The van der Waals surface area contributed by atoms with Crippen LogP contribution in [0.3, 0.4) is 0 Å². The first-order chi connectivity index (χ1) is 7.08. The molecule has 1 amide bonds. The number of nitrogens with one attached hydrogen (secondary N) is 1. The Balaban J connectivity index is 2.13. The summed E-state index contributed by atoms with van der Waals surface area (Å²) in [6.45, 7) is 4.60. The van der Waals surface area contributed by atoms with Crippen molar-refractivity contribution in [3.63, 3.8) is 0 Å². The van der Waals surface area contributed by atoms with Crippen LogP contribution < -0.4 is 11.1 Å². The first-order valence-electron chi connectivity index (χ1n) is 5.35. The summed E-state index contributed by atoms with van der Waals surface area (Å²) in [5, 5.41) is 2.94. The molecule has 1 rings (SSSR count). The highest BCUT2D eigenvalue weighted by molar-refractivity contribution is 7.80. The number of nitrogens with zero attached hydrogens (tertiary/aromatic N) is 1. The maximum Gasteiger partial charge on any atom is 0.217 e. The first kappa shape index (κ1) is 12.4.